The average Bonchev–Trinajstić information content (AvgIpc) is 3.29. The molecule has 5 heteroatoms. The molecule has 1 saturated carbocycles. The van der Waals surface area contributed by atoms with Crippen LogP contribution in [0.25, 0.3) is 0 Å². The first-order chi connectivity index (χ1) is 9.12. The predicted molar refractivity (Wildman–Crippen MR) is 76.1 cm³/mol. The quantitative estimate of drug-likeness (QED) is 0.683. The van der Waals surface area contributed by atoms with E-state index >= 15 is 0 Å². The number of hydrogen-bond acceptors (Lipinski definition) is 5. The molecule has 1 atom stereocenters. The lowest BCUT2D eigenvalue weighted by Gasteiger charge is -2.46. The Morgan fingerprint density at radius 1 is 1.16 bits per heavy atom. The summed E-state index contributed by atoms with van der Waals surface area (Å²) in [7, 11) is 3.38. The smallest absolute Gasteiger partial charge is 0.158 e. The van der Waals surface area contributed by atoms with Crippen molar-refractivity contribution in [1.29, 1.82) is 0 Å². The first-order valence-corrected chi connectivity index (χ1v) is 7.37. The summed E-state index contributed by atoms with van der Waals surface area (Å²) in [5.74, 6) is 0. The van der Waals surface area contributed by atoms with Gasteiger partial charge in [-0.1, -0.05) is 0 Å². The maximum atomic E-state index is 6.04. The van der Waals surface area contributed by atoms with Crippen molar-refractivity contribution in [3.05, 3.63) is 0 Å². The molecular formula is C14H29N3O2. The van der Waals surface area contributed by atoms with Crippen LogP contribution in [0.3, 0.4) is 0 Å². The second-order valence-electron chi connectivity index (χ2n) is 6.06. The summed E-state index contributed by atoms with van der Waals surface area (Å²) in [5, 5.41) is 0. The highest BCUT2D eigenvalue weighted by molar-refractivity contribution is 4.94. The van der Waals surface area contributed by atoms with E-state index in [1.165, 1.54) is 25.9 Å². The minimum atomic E-state index is -0.171. The van der Waals surface area contributed by atoms with E-state index in [0.29, 0.717) is 6.54 Å². The van der Waals surface area contributed by atoms with Crippen molar-refractivity contribution >= 4 is 0 Å². The first kappa shape index (κ1) is 15.2. The van der Waals surface area contributed by atoms with Crippen molar-refractivity contribution in [1.82, 2.24) is 9.80 Å². The zero-order chi connectivity index (χ0) is 13.9. The molecule has 0 radical (unpaired) electrons. The molecule has 1 aliphatic carbocycles. The van der Waals surface area contributed by atoms with E-state index < -0.39 is 0 Å². The second kappa shape index (κ2) is 6.50. The van der Waals surface area contributed by atoms with E-state index in [0.717, 1.165) is 25.6 Å². The highest BCUT2D eigenvalue weighted by atomic mass is 16.7. The molecule has 112 valence electrons. The van der Waals surface area contributed by atoms with Gasteiger partial charge in [-0.2, -0.15) is 0 Å². The Bertz CT molecular complexity index is 274. The zero-order valence-electron chi connectivity index (χ0n) is 12.6. The summed E-state index contributed by atoms with van der Waals surface area (Å²) >= 11 is 0. The highest BCUT2D eigenvalue weighted by Crippen LogP contribution is 2.30. The summed E-state index contributed by atoms with van der Waals surface area (Å²) in [6.07, 6.45) is 3.43. The fourth-order valence-electron chi connectivity index (χ4n) is 3.03. The van der Waals surface area contributed by atoms with Gasteiger partial charge in [0, 0.05) is 64.9 Å². The minimum Gasteiger partial charge on any atom is -0.356 e. The molecule has 2 fully saturated rings. The van der Waals surface area contributed by atoms with E-state index in [2.05, 4.69) is 16.7 Å². The molecule has 0 bridgehead atoms. The fourth-order valence-corrected chi connectivity index (χ4v) is 3.03. The van der Waals surface area contributed by atoms with Crippen LogP contribution in [-0.4, -0.2) is 74.6 Å². The van der Waals surface area contributed by atoms with Gasteiger partial charge >= 0.3 is 0 Å². The standard InChI is InChI=1S/C14H29N3O2/c1-14(11-15,10-13(18-2)19-3)17-8-6-16(7-9-17)12-4-5-12/h12-13H,4-11,15H2,1-3H3. The molecule has 0 aromatic rings. The van der Waals surface area contributed by atoms with Gasteiger partial charge in [0.2, 0.25) is 0 Å². The zero-order valence-corrected chi connectivity index (χ0v) is 12.6. The number of nitrogens with two attached hydrogens (primary N) is 1. The van der Waals surface area contributed by atoms with Crippen molar-refractivity contribution in [3.8, 4) is 0 Å². The van der Waals surface area contributed by atoms with E-state index in [-0.39, 0.29) is 11.8 Å². The van der Waals surface area contributed by atoms with Crippen molar-refractivity contribution in [2.45, 2.75) is 44.1 Å². The molecule has 5 nitrogen and oxygen atoms in total. The van der Waals surface area contributed by atoms with E-state index in [1.54, 1.807) is 14.2 Å². The third kappa shape index (κ3) is 3.67. The molecule has 1 heterocycles. The molecule has 1 aliphatic heterocycles. The number of rotatable bonds is 7. The van der Waals surface area contributed by atoms with Gasteiger partial charge in [-0.15, -0.1) is 0 Å². The van der Waals surface area contributed by atoms with E-state index in [4.69, 9.17) is 15.2 Å². The summed E-state index contributed by atoms with van der Waals surface area (Å²) < 4.78 is 10.7. The lowest BCUT2D eigenvalue weighted by molar-refractivity contribution is -0.131. The summed E-state index contributed by atoms with van der Waals surface area (Å²) in [6.45, 7) is 7.41. The lowest BCUT2D eigenvalue weighted by atomic mass is 9.94. The van der Waals surface area contributed by atoms with Gasteiger partial charge in [-0.25, -0.2) is 0 Å². The monoisotopic (exact) mass is 271 g/mol. The molecule has 0 amide bonds. The maximum Gasteiger partial charge on any atom is 0.158 e. The van der Waals surface area contributed by atoms with Crippen molar-refractivity contribution in [3.63, 3.8) is 0 Å². The Balaban J connectivity index is 1.89. The maximum absolute atomic E-state index is 6.04. The van der Waals surface area contributed by atoms with Gasteiger partial charge in [0.1, 0.15) is 0 Å². The molecule has 19 heavy (non-hydrogen) atoms. The third-order valence-corrected chi connectivity index (χ3v) is 4.71. The normalized spacial score (nSPS) is 25.7. The van der Waals surface area contributed by atoms with Crippen molar-refractivity contribution in [2.75, 3.05) is 46.9 Å². The van der Waals surface area contributed by atoms with Crippen LogP contribution in [0.4, 0.5) is 0 Å². The van der Waals surface area contributed by atoms with Gasteiger partial charge in [-0.05, 0) is 19.8 Å². The molecule has 1 unspecified atom stereocenters. The van der Waals surface area contributed by atoms with Gasteiger partial charge in [0.15, 0.2) is 6.29 Å². The molecule has 2 rings (SSSR count). The van der Waals surface area contributed by atoms with Crippen LogP contribution in [0.1, 0.15) is 26.2 Å². The molecule has 2 N–H and O–H groups in total. The first-order valence-electron chi connectivity index (χ1n) is 7.37. The fraction of sp³-hybridized carbons (Fsp3) is 1.00. The Hall–Kier alpha value is -0.200. The van der Waals surface area contributed by atoms with Crippen LogP contribution in [-0.2, 0) is 9.47 Å². The predicted octanol–water partition coefficient (Wildman–Crippen LogP) is 0.493. The Labute approximate surface area is 117 Å². The Morgan fingerprint density at radius 3 is 2.16 bits per heavy atom. The van der Waals surface area contributed by atoms with Crippen LogP contribution in [0.5, 0.6) is 0 Å². The van der Waals surface area contributed by atoms with Crippen molar-refractivity contribution < 1.29 is 9.47 Å². The van der Waals surface area contributed by atoms with Crippen LogP contribution in [0.15, 0.2) is 0 Å². The highest BCUT2D eigenvalue weighted by Gasteiger charge is 2.38. The molecule has 0 aromatic heterocycles. The van der Waals surface area contributed by atoms with Crippen LogP contribution in [0.2, 0.25) is 0 Å². The summed E-state index contributed by atoms with van der Waals surface area (Å²) in [5.41, 5.74) is 6.00. The van der Waals surface area contributed by atoms with Gasteiger partial charge < -0.3 is 15.2 Å². The number of methoxy groups -OCH3 is 2. The largest absolute Gasteiger partial charge is 0.356 e. The average molecular weight is 271 g/mol. The van der Waals surface area contributed by atoms with Crippen LogP contribution >= 0.6 is 0 Å². The summed E-state index contributed by atoms with van der Waals surface area (Å²) in [4.78, 5) is 5.13. The van der Waals surface area contributed by atoms with Gasteiger partial charge in [0.25, 0.3) is 0 Å². The lowest BCUT2D eigenvalue weighted by Crippen LogP contribution is -2.60. The minimum absolute atomic E-state index is 0.0354. The Kier molecular flexibility index (Phi) is 5.20. The van der Waals surface area contributed by atoms with Crippen LogP contribution < -0.4 is 5.73 Å². The van der Waals surface area contributed by atoms with Gasteiger partial charge in [0.05, 0.1) is 0 Å². The topological polar surface area (TPSA) is 51.0 Å². The SMILES string of the molecule is COC(CC(C)(CN)N1CCN(C2CC2)CC1)OC. The Morgan fingerprint density at radius 2 is 1.74 bits per heavy atom. The van der Waals surface area contributed by atoms with E-state index in [9.17, 15) is 0 Å². The molecule has 0 aromatic carbocycles. The molecule has 0 spiro atoms. The molecule has 2 aliphatic rings. The third-order valence-electron chi connectivity index (χ3n) is 4.71. The van der Waals surface area contributed by atoms with Crippen LogP contribution in [0, 0.1) is 0 Å². The summed E-state index contributed by atoms with van der Waals surface area (Å²) in [6, 6.07) is 0.872. The van der Waals surface area contributed by atoms with Crippen molar-refractivity contribution in [2.24, 2.45) is 5.73 Å². The number of nitrogens with zero attached hydrogens (tertiary/aromatic N) is 2. The van der Waals surface area contributed by atoms with E-state index in [1.807, 2.05) is 0 Å². The second-order valence-corrected chi connectivity index (χ2v) is 6.06. The number of hydrogen-bond donors (Lipinski definition) is 1. The number of ether oxygens (including phenoxy) is 2. The van der Waals surface area contributed by atoms with Gasteiger partial charge in [-0.3, -0.25) is 9.80 Å². The molecule has 1 saturated heterocycles. The molecular weight excluding hydrogens is 242 g/mol. The number of piperazine rings is 1.